The number of carbonyl (C=O) groups excluding carboxylic acids is 2. The minimum atomic E-state index is -0.712. The van der Waals surface area contributed by atoms with Crippen molar-refractivity contribution in [2.24, 2.45) is 0 Å². The van der Waals surface area contributed by atoms with Gasteiger partial charge in [-0.05, 0) is 42.3 Å². The van der Waals surface area contributed by atoms with Crippen molar-refractivity contribution >= 4 is 17.6 Å². The lowest BCUT2D eigenvalue weighted by Gasteiger charge is -2.36. The Morgan fingerprint density at radius 3 is 2.61 bits per heavy atom. The van der Waals surface area contributed by atoms with E-state index < -0.39 is 6.10 Å². The number of aliphatic hydroxyl groups excluding tert-OH is 1. The van der Waals surface area contributed by atoms with Crippen molar-refractivity contribution in [3.05, 3.63) is 65.5 Å². The van der Waals surface area contributed by atoms with Crippen molar-refractivity contribution in [1.29, 1.82) is 0 Å². The van der Waals surface area contributed by atoms with Gasteiger partial charge in [0.2, 0.25) is 0 Å². The SMILES string of the molecule is O=C(c1cccc(N2CCNC2=O)c1)N1CCC(c2ccc(F)cc2)C(O)C1. The smallest absolute Gasteiger partial charge is 0.321 e. The third-order valence-electron chi connectivity index (χ3n) is 5.43. The van der Waals surface area contributed by atoms with Crippen LogP contribution < -0.4 is 10.2 Å². The normalized spacial score (nSPS) is 22.3. The Morgan fingerprint density at radius 1 is 1.14 bits per heavy atom. The first-order valence-corrected chi connectivity index (χ1v) is 9.41. The summed E-state index contributed by atoms with van der Waals surface area (Å²) in [6, 6.07) is 13.0. The molecule has 2 aromatic carbocycles. The number of nitrogens with zero attached hydrogens (tertiary/aromatic N) is 2. The summed E-state index contributed by atoms with van der Waals surface area (Å²) in [5, 5.41) is 13.3. The Hall–Kier alpha value is -2.93. The number of urea groups is 1. The van der Waals surface area contributed by atoms with Gasteiger partial charge < -0.3 is 15.3 Å². The molecule has 0 saturated carbocycles. The maximum Gasteiger partial charge on any atom is 0.321 e. The molecular formula is C21H22FN3O3. The molecule has 0 radical (unpaired) electrons. The zero-order valence-corrected chi connectivity index (χ0v) is 15.3. The highest BCUT2D eigenvalue weighted by Crippen LogP contribution is 2.29. The van der Waals surface area contributed by atoms with Crippen molar-refractivity contribution in [2.45, 2.75) is 18.4 Å². The van der Waals surface area contributed by atoms with Gasteiger partial charge in [0, 0.05) is 43.3 Å². The Bertz CT molecular complexity index is 887. The van der Waals surface area contributed by atoms with Crippen LogP contribution in [-0.2, 0) is 0 Å². The number of nitrogens with one attached hydrogen (secondary N) is 1. The van der Waals surface area contributed by atoms with Gasteiger partial charge in [0.1, 0.15) is 5.82 Å². The van der Waals surface area contributed by atoms with Crippen LogP contribution in [0.5, 0.6) is 0 Å². The lowest BCUT2D eigenvalue weighted by atomic mass is 9.87. The first-order chi connectivity index (χ1) is 13.5. The van der Waals surface area contributed by atoms with Crippen molar-refractivity contribution in [1.82, 2.24) is 10.2 Å². The molecule has 146 valence electrons. The van der Waals surface area contributed by atoms with E-state index in [9.17, 15) is 19.1 Å². The molecule has 28 heavy (non-hydrogen) atoms. The maximum absolute atomic E-state index is 13.1. The molecule has 0 spiro atoms. The number of rotatable bonds is 3. The molecule has 6 nitrogen and oxygen atoms in total. The highest BCUT2D eigenvalue weighted by atomic mass is 19.1. The van der Waals surface area contributed by atoms with Gasteiger partial charge in [-0.25, -0.2) is 9.18 Å². The quantitative estimate of drug-likeness (QED) is 0.855. The fraction of sp³-hybridized carbons (Fsp3) is 0.333. The standard InChI is InChI=1S/C21H22FN3O3/c22-16-6-4-14(5-7-16)18-8-10-24(13-19(18)26)20(27)15-2-1-3-17(12-15)25-11-9-23-21(25)28/h1-7,12,18-19,26H,8-11,13H2,(H,23,28). The molecule has 0 bridgehead atoms. The molecule has 2 aliphatic rings. The molecule has 2 fully saturated rings. The van der Waals surface area contributed by atoms with Gasteiger partial charge >= 0.3 is 6.03 Å². The van der Waals surface area contributed by atoms with Crippen molar-refractivity contribution in [2.75, 3.05) is 31.1 Å². The van der Waals surface area contributed by atoms with Gasteiger partial charge in [-0.2, -0.15) is 0 Å². The monoisotopic (exact) mass is 383 g/mol. The highest BCUT2D eigenvalue weighted by molar-refractivity contribution is 5.98. The van der Waals surface area contributed by atoms with Crippen LogP contribution in [-0.4, -0.2) is 54.2 Å². The molecule has 2 heterocycles. The summed E-state index contributed by atoms with van der Waals surface area (Å²) in [5.41, 5.74) is 2.05. The van der Waals surface area contributed by atoms with Crippen LogP contribution in [0.4, 0.5) is 14.9 Å². The van der Waals surface area contributed by atoms with E-state index in [0.29, 0.717) is 37.3 Å². The third kappa shape index (κ3) is 3.57. The van der Waals surface area contributed by atoms with Gasteiger partial charge in [0.25, 0.3) is 5.91 Å². The summed E-state index contributed by atoms with van der Waals surface area (Å²) in [4.78, 5) is 28.0. The van der Waals surface area contributed by atoms with Gasteiger partial charge in [-0.1, -0.05) is 18.2 Å². The molecule has 2 unspecified atom stereocenters. The zero-order chi connectivity index (χ0) is 19.7. The summed E-state index contributed by atoms with van der Waals surface area (Å²) in [5.74, 6) is -0.597. The van der Waals surface area contributed by atoms with Crippen LogP contribution in [0, 0.1) is 5.82 Å². The van der Waals surface area contributed by atoms with E-state index in [1.54, 1.807) is 46.2 Å². The number of benzene rings is 2. The number of amides is 3. The van der Waals surface area contributed by atoms with Gasteiger partial charge in [0.15, 0.2) is 0 Å². The second kappa shape index (κ2) is 7.59. The van der Waals surface area contributed by atoms with E-state index in [1.165, 1.54) is 12.1 Å². The molecule has 0 aromatic heterocycles. The summed E-state index contributed by atoms with van der Waals surface area (Å²) < 4.78 is 13.1. The predicted molar refractivity (Wildman–Crippen MR) is 103 cm³/mol. The van der Waals surface area contributed by atoms with Crippen LogP contribution in [0.15, 0.2) is 48.5 Å². The van der Waals surface area contributed by atoms with Gasteiger partial charge in [-0.3, -0.25) is 9.69 Å². The number of hydrogen-bond donors (Lipinski definition) is 2. The molecule has 2 aliphatic heterocycles. The fourth-order valence-corrected chi connectivity index (χ4v) is 3.92. The van der Waals surface area contributed by atoms with Crippen molar-refractivity contribution < 1.29 is 19.1 Å². The number of β-amino-alcohol motifs (C(OH)–C–C–N with tert-alkyl or cyclic N) is 1. The van der Waals surface area contributed by atoms with E-state index >= 15 is 0 Å². The minimum absolute atomic E-state index is 0.121. The molecule has 2 saturated heterocycles. The molecule has 3 amide bonds. The lowest BCUT2D eigenvalue weighted by Crippen LogP contribution is -2.45. The second-order valence-electron chi connectivity index (χ2n) is 7.20. The number of halogens is 1. The molecular weight excluding hydrogens is 361 g/mol. The fourth-order valence-electron chi connectivity index (χ4n) is 3.92. The minimum Gasteiger partial charge on any atom is -0.391 e. The van der Waals surface area contributed by atoms with Crippen LogP contribution in [0.25, 0.3) is 0 Å². The number of aliphatic hydroxyl groups is 1. The van der Waals surface area contributed by atoms with Crippen LogP contribution >= 0.6 is 0 Å². The number of piperidine rings is 1. The van der Waals surface area contributed by atoms with E-state index in [1.807, 2.05) is 0 Å². The Balaban J connectivity index is 1.46. The summed E-state index contributed by atoms with van der Waals surface area (Å²) >= 11 is 0. The summed E-state index contributed by atoms with van der Waals surface area (Å²) in [6.07, 6.45) is -0.108. The Morgan fingerprint density at radius 2 is 1.93 bits per heavy atom. The average Bonchev–Trinajstić information content (AvgIpc) is 3.14. The van der Waals surface area contributed by atoms with Gasteiger partial charge in [0.05, 0.1) is 6.10 Å². The van der Waals surface area contributed by atoms with Crippen LogP contribution in [0.1, 0.15) is 28.3 Å². The van der Waals surface area contributed by atoms with Gasteiger partial charge in [-0.15, -0.1) is 0 Å². The molecule has 2 aromatic rings. The van der Waals surface area contributed by atoms with Crippen molar-refractivity contribution in [3.8, 4) is 0 Å². The molecule has 7 heteroatoms. The number of anilines is 1. The van der Waals surface area contributed by atoms with E-state index in [-0.39, 0.29) is 30.2 Å². The number of hydrogen-bond acceptors (Lipinski definition) is 3. The third-order valence-corrected chi connectivity index (χ3v) is 5.43. The topological polar surface area (TPSA) is 72.9 Å². The van der Waals surface area contributed by atoms with E-state index in [2.05, 4.69) is 5.32 Å². The Labute approximate surface area is 162 Å². The molecule has 2 atom stereocenters. The Kier molecular flexibility index (Phi) is 5.00. The van der Waals surface area contributed by atoms with Crippen LogP contribution in [0.3, 0.4) is 0 Å². The highest BCUT2D eigenvalue weighted by Gasteiger charge is 2.32. The summed E-state index contributed by atoms with van der Waals surface area (Å²) in [7, 11) is 0. The average molecular weight is 383 g/mol. The maximum atomic E-state index is 13.1. The number of likely N-dealkylation sites (tertiary alicyclic amines) is 1. The first-order valence-electron chi connectivity index (χ1n) is 9.41. The van der Waals surface area contributed by atoms with Crippen molar-refractivity contribution in [3.63, 3.8) is 0 Å². The molecule has 2 N–H and O–H groups in total. The second-order valence-corrected chi connectivity index (χ2v) is 7.20. The first kappa shape index (κ1) is 18.4. The molecule has 0 aliphatic carbocycles. The summed E-state index contributed by atoms with van der Waals surface area (Å²) in [6.45, 7) is 1.88. The van der Waals surface area contributed by atoms with E-state index in [0.717, 1.165) is 5.56 Å². The number of carbonyl (C=O) groups is 2. The zero-order valence-electron chi connectivity index (χ0n) is 15.3. The molecule has 4 rings (SSSR count). The lowest BCUT2D eigenvalue weighted by molar-refractivity contribution is 0.0382. The predicted octanol–water partition coefficient (Wildman–Crippen LogP) is 2.35. The largest absolute Gasteiger partial charge is 0.391 e. The van der Waals surface area contributed by atoms with E-state index in [4.69, 9.17) is 0 Å². The van der Waals surface area contributed by atoms with Crippen LogP contribution in [0.2, 0.25) is 0 Å².